The van der Waals surface area contributed by atoms with E-state index < -0.39 is 66.8 Å². The molecule has 212 valence electrons. The maximum Gasteiger partial charge on any atom is 0.407 e. The van der Waals surface area contributed by atoms with Crippen LogP contribution in [-0.4, -0.2) is 80.7 Å². The predicted molar refractivity (Wildman–Crippen MR) is 129 cm³/mol. The normalized spacial score (nSPS) is 15.2. The van der Waals surface area contributed by atoms with Gasteiger partial charge in [-0.1, -0.05) is 36.8 Å². The van der Waals surface area contributed by atoms with Crippen LogP contribution in [0.4, 0.5) is 9.59 Å². The van der Waals surface area contributed by atoms with Crippen molar-refractivity contribution in [3.05, 3.63) is 40.8 Å². The van der Waals surface area contributed by atoms with Crippen LogP contribution in [0.25, 0.3) is 0 Å². The molecule has 0 aliphatic carbocycles. The molecule has 1 aliphatic rings. The van der Waals surface area contributed by atoms with E-state index in [2.05, 4.69) is 10.5 Å². The average molecular weight is 552 g/mol. The Morgan fingerprint density at radius 3 is 2.18 bits per heavy atom. The van der Waals surface area contributed by atoms with Gasteiger partial charge in [-0.2, -0.15) is 0 Å². The van der Waals surface area contributed by atoms with Crippen molar-refractivity contribution >= 4 is 41.8 Å². The minimum Gasteiger partial charge on any atom is -0.481 e. The fraction of sp³-hybridized carbons (Fsp3) is 0.435. The van der Waals surface area contributed by atoms with E-state index in [9.17, 15) is 38.5 Å². The number of nitrogens with one attached hydrogen (secondary N) is 2. The molecule has 5 amide bonds. The zero-order valence-electron chi connectivity index (χ0n) is 20.6. The fourth-order valence-corrected chi connectivity index (χ4v) is 3.13. The Morgan fingerprint density at radius 2 is 1.62 bits per heavy atom. The van der Waals surface area contributed by atoms with E-state index in [4.69, 9.17) is 20.1 Å². The summed E-state index contributed by atoms with van der Waals surface area (Å²) in [5.41, 5.74) is 0.944. The number of aliphatic carboxylic acids is 3. The highest BCUT2D eigenvalue weighted by Gasteiger charge is 2.46. The number of ether oxygens (including phenoxy) is 1. The minimum absolute atomic E-state index is 0.124. The number of nitrogens with zero attached hydrogens (tertiary/aromatic N) is 2. The number of carbonyl (C=O) groups excluding carboxylic acids is 4. The highest BCUT2D eigenvalue weighted by molar-refractivity contribution is 6.20. The standard InChI is InChI=1S/C14H19NO4.C9H9N3O8/c16-13(17)9-5-2-6-10-15-14(18)19-11-12-7-3-1-4-8-12;13-4(14)2-1-3(8(17)18)12-7(16)5(11-20)6(15)10-9(12)19/h1,3-4,7-8H,2,5-6,9-11H2,(H,15,18)(H,16,17);3,5H,1-2H2,(H,13,14)(H,17,18)(H,10,15,19). The van der Waals surface area contributed by atoms with Crippen molar-refractivity contribution < 1.29 is 53.6 Å². The first-order valence-electron chi connectivity index (χ1n) is 11.6. The number of carboxylic acid groups (broad SMARTS) is 3. The SMILES string of the molecule is O=C(O)CCCCCNC(=O)OCc1ccccc1.O=NC1C(=O)NC(=O)N(C(CCC(=O)O)C(=O)O)C1=O. The van der Waals surface area contributed by atoms with Crippen molar-refractivity contribution in [1.82, 2.24) is 15.5 Å². The molecule has 16 heteroatoms. The van der Waals surface area contributed by atoms with Gasteiger partial charge in [0, 0.05) is 19.4 Å². The first kappa shape index (κ1) is 32.1. The lowest BCUT2D eigenvalue weighted by Gasteiger charge is -2.31. The van der Waals surface area contributed by atoms with Crippen LogP contribution >= 0.6 is 0 Å². The molecular weight excluding hydrogens is 524 g/mol. The number of alkyl carbamates (subject to hydrolysis) is 1. The molecule has 1 saturated heterocycles. The summed E-state index contributed by atoms with van der Waals surface area (Å²) in [4.78, 5) is 87.9. The van der Waals surface area contributed by atoms with Gasteiger partial charge in [0.2, 0.25) is 6.04 Å². The van der Waals surface area contributed by atoms with Gasteiger partial charge in [0.05, 0.1) is 0 Å². The summed E-state index contributed by atoms with van der Waals surface area (Å²) in [6, 6.07) is 4.24. The summed E-state index contributed by atoms with van der Waals surface area (Å²) in [5.74, 6) is -6.41. The monoisotopic (exact) mass is 552 g/mol. The number of barbiturate groups is 1. The van der Waals surface area contributed by atoms with Crippen molar-refractivity contribution in [1.29, 1.82) is 0 Å². The number of amides is 5. The molecule has 1 aromatic rings. The summed E-state index contributed by atoms with van der Waals surface area (Å²) in [7, 11) is 0. The number of hydrogen-bond donors (Lipinski definition) is 5. The molecule has 0 aromatic heterocycles. The van der Waals surface area contributed by atoms with Gasteiger partial charge in [0.25, 0.3) is 11.8 Å². The lowest BCUT2D eigenvalue weighted by atomic mass is 10.1. The van der Waals surface area contributed by atoms with Crippen LogP contribution in [0.15, 0.2) is 35.5 Å². The van der Waals surface area contributed by atoms with Gasteiger partial charge in [-0.05, 0) is 30.0 Å². The molecule has 2 rings (SSSR count). The van der Waals surface area contributed by atoms with Crippen LogP contribution in [0.1, 0.15) is 44.1 Å². The topological polar surface area (TPSA) is 246 Å². The number of hydrogen-bond acceptors (Lipinski definition) is 10. The number of nitroso groups, excluding NO2 is 1. The van der Waals surface area contributed by atoms with Crippen LogP contribution in [0.5, 0.6) is 0 Å². The van der Waals surface area contributed by atoms with E-state index >= 15 is 0 Å². The number of carboxylic acids is 3. The molecule has 0 spiro atoms. The molecule has 1 fully saturated rings. The molecule has 5 N–H and O–H groups in total. The number of carbonyl (C=O) groups is 7. The lowest BCUT2D eigenvalue weighted by Crippen LogP contribution is -2.64. The van der Waals surface area contributed by atoms with Crippen molar-refractivity contribution in [2.45, 2.75) is 57.2 Å². The third-order valence-electron chi connectivity index (χ3n) is 5.05. The number of rotatable bonds is 14. The minimum atomic E-state index is -2.07. The molecule has 0 radical (unpaired) electrons. The largest absolute Gasteiger partial charge is 0.481 e. The molecule has 2 unspecified atom stereocenters. The predicted octanol–water partition coefficient (Wildman–Crippen LogP) is 1.08. The Labute approximate surface area is 221 Å². The van der Waals surface area contributed by atoms with Crippen LogP contribution < -0.4 is 10.6 Å². The summed E-state index contributed by atoms with van der Waals surface area (Å²) in [5, 5.41) is 32.3. The summed E-state index contributed by atoms with van der Waals surface area (Å²) in [6.45, 7) is 0.763. The Bertz CT molecular complexity index is 1060. The number of benzene rings is 1. The summed E-state index contributed by atoms with van der Waals surface area (Å²) >= 11 is 0. The maximum absolute atomic E-state index is 11.7. The molecule has 1 aliphatic heterocycles. The second-order valence-electron chi connectivity index (χ2n) is 7.99. The van der Waals surface area contributed by atoms with Gasteiger partial charge >= 0.3 is 30.0 Å². The number of imide groups is 2. The van der Waals surface area contributed by atoms with E-state index in [-0.39, 0.29) is 17.9 Å². The van der Waals surface area contributed by atoms with Gasteiger partial charge in [0.15, 0.2) is 0 Å². The highest BCUT2D eigenvalue weighted by Crippen LogP contribution is 2.15. The van der Waals surface area contributed by atoms with Crippen LogP contribution in [0, 0.1) is 4.91 Å². The van der Waals surface area contributed by atoms with Crippen molar-refractivity contribution in [2.24, 2.45) is 5.18 Å². The third-order valence-corrected chi connectivity index (χ3v) is 5.05. The van der Waals surface area contributed by atoms with E-state index in [0.717, 1.165) is 18.4 Å². The van der Waals surface area contributed by atoms with Gasteiger partial charge < -0.3 is 25.4 Å². The molecular formula is C23H28N4O12. The molecule has 16 nitrogen and oxygen atoms in total. The maximum atomic E-state index is 11.7. The van der Waals surface area contributed by atoms with Crippen molar-refractivity contribution in [3.63, 3.8) is 0 Å². The lowest BCUT2D eigenvalue weighted by molar-refractivity contribution is -0.152. The van der Waals surface area contributed by atoms with Crippen LogP contribution in [0.2, 0.25) is 0 Å². The number of unbranched alkanes of at least 4 members (excludes halogenated alkanes) is 2. The Hall–Kier alpha value is -4.89. The Morgan fingerprint density at radius 1 is 0.974 bits per heavy atom. The molecule has 0 saturated carbocycles. The van der Waals surface area contributed by atoms with Gasteiger partial charge in [-0.15, -0.1) is 4.91 Å². The average Bonchev–Trinajstić information content (AvgIpc) is 2.87. The smallest absolute Gasteiger partial charge is 0.407 e. The Balaban J connectivity index is 0.000000391. The van der Waals surface area contributed by atoms with Gasteiger partial charge in [0.1, 0.15) is 12.6 Å². The van der Waals surface area contributed by atoms with E-state index in [1.54, 1.807) is 5.32 Å². The second kappa shape index (κ2) is 16.8. The molecule has 1 heterocycles. The summed E-state index contributed by atoms with van der Waals surface area (Å²) in [6.07, 6.45) is 0.722. The van der Waals surface area contributed by atoms with Gasteiger partial charge in [-0.25, -0.2) is 19.3 Å². The third kappa shape index (κ3) is 11.8. The molecule has 2 atom stereocenters. The first-order chi connectivity index (χ1) is 18.5. The highest BCUT2D eigenvalue weighted by atomic mass is 16.5. The fourth-order valence-electron chi connectivity index (χ4n) is 3.13. The molecule has 39 heavy (non-hydrogen) atoms. The van der Waals surface area contributed by atoms with E-state index in [1.165, 1.54) is 0 Å². The van der Waals surface area contributed by atoms with Crippen molar-refractivity contribution in [3.8, 4) is 0 Å². The molecule has 0 bridgehead atoms. The second-order valence-corrected chi connectivity index (χ2v) is 7.99. The van der Waals surface area contributed by atoms with Gasteiger partial charge in [-0.3, -0.25) is 24.5 Å². The summed E-state index contributed by atoms with van der Waals surface area (Å²) < 4.78 is 5.03. The van der Waals surface area contributed by atoms with Crippen LogP contribution in [0.3, 0.4) is 0 Å². The molecule has 1 aromatic carbocycles. The zero-order chi connectivity index (χ0) is 29.4. The quantitative estimate of drug-likeness (QED) is 0.124. The van der Waals surface area contributed by atoms with Crippen LogP contribution in [-0.2, 0) is 35.3 Å². The number of urea groups is 1. The van der Waals surface area contributed by atoms with E-state index in [1.807, 2.05) is 30.3 Å². The first-order valence-corrected chi connectivity index (χ1v) is 11.6. The van der Waals surface area contributed by atoms with Crippen molar-refractivity contribution in [2.75, 3.05) is 6.54 Å². The Kier molecular flexibility index (Phi) is 13.8. The zero-order valence-corrected chi connectivity index (χ0v) is 20.6. The van der Waals surface area contributed by atoms with E-state index in [0.29, 0.717) is 13.0 Å².